The molecule has 0 unspecified atom stereocenters. The average molecular weight is 425 g/mol. The summed E-state index contributed by atoms with van der Waals surface area (Å²) in [5, 5.41) is 8.32. The van der Waals surface area contributed by atoms with Gasteiger partial charge < -0.3 is 0 Å². The summed E-state index contributed by atoms with van der Waals surface area (Å²) in [5.74, 6) is 0. The summed E-state index contributed by atoms with van der Waals surface area (Å²) in [5.41, 5.74) is 1.48. The summed E-state index contributed by atoms with van der Waals surface area (Å²) >= 11 is 3.83. The van der Waals surface area contributed by atoms with E-state index in [0.717, 1.165) is 0 Å². The van der Waals surface area contributed by atoms with Crippen LogP contribution >= 0.6 is 22.7 Å². The van der Waals surface area contributed by atoms with E-state index in [9.17, 15) is 0 Å². The molecule has 0 fully saturated rings. The maximum atomic E-state index is 2.45. The molecule has 0 saturated heterocycles. The fourth-order valence-corrected chi connectivity index (χ4v) is 6.95. The third kappa shape index (κ3) is 3.02. The van der Waals surface area contributed by atoms with Crippen LogP contribution in [0.4, 0.5) is 0 Å². The zero-order chi connectivity index (χ0) is 20.1. The van der Waals surface area contributed by atoms with Crippen LogP contribution in [0.5, 0.6) is 0 Å². The van der Waals surface area contributed by atoms with Gasteiger partial charge in [0.2, 0.25) is 0 Å². The molecule has 2 heterocycles. The lowest BCUT2D eigenvalue weighted by Crippen LogP contribution is -1.85. The molecule has 0 aliphatic carbocycles. The van der Waals surface area contributed by atoms with Gasteiger partial charge in [0.1, 0.15) is 0 Å². The Morgan fingerprint density at radius 2 is 1.23 bits per heavy atom. The highest BCUT2D eigenvalue weighted by Crippen LogP contribution is 2.40. The van der Waals surface area contributed by atoms with Crippen LogP contribution in [-0.2, 0) is 6.42 Å². The van der Waals surface area contributed by atoms with Crippen LogP contribution in [0.25, 0.3) is 51.1 Å². The number of benzene rings is 4. The summed E-state index contributed by atoms with van der Waals surface area (Å²) < 4.78 is 5.58. The van der Waals surface area contributed by atoms with E-state index >= 15 is 0 Å². The molecule has 0 bridgehead atoms. The number of unbranched alkanes of at least 4 members (excludes halogenated alkanes) is 3. The van der Waals surface area contributed by atoms with Crippen LogP contribution in [0.3, 0.4) is 0 Å². The van der Waals surface area contributed by atoms with Crippen molar-refractivity contribution in [3.8, 4) is 0 Å². The van der Waals surface area contributed by atoms with Gasteiger partial charge in [-0.3, -0.25) is 0 Å². The molecule has 148 valence electrons. The van der Waals surface area contributed by atoms with Crippen molar-refractivity contribution >= 4 is 73.8 Å². The Morgan fingerprint density at radius 1 is 0.567 bits per heavy atom. The summed E-state index contributed by atoms with van der Waals surface area (Å²) in [7, 11) is 0. The molecule has 0 aliphatic heterocycles. The molecule has 0 N–H and O–H groups in total. The minimum atomic E-state index is 1.20. The van der Waals surface area contributed by atoms with E-state index in [4.69, 9.17) is 0 Å². The van der Waals surface area contributed by atoms with E-state index in [1.807, 2.05) is 22.7 Å². The largest absolute Gasteiger partial charge is 0.135 e. The Hall–Kier alpha value is -2.42. The third-order valence-electron chi connectivity index (χ3n) is 6.31. The first-order valence-electron chi connectivity index (χ1n) is 11.0. The topological polar surface area (TPSA) is 0 Å². The van der Waals surface area contributed by atoms with Gasteiger partial charge >= 0.3 is 0 Å². The minimum Gasteiger partial charge on any atom is -0.135 e. The molecule has 0 nitrogen and oxygen atoms in total. The van der Waals surface area contributed by atoms with Gasteiger partial charge in [0.15, 0.2) is 0 Å². The molecular weight excluding hydrogens is 400 g/mol. The second-order valence-electron chi connectivity index (χ2n) is 8.39. The Balaban J connectivity index is 1.51. The monoisotopic (exact) mass is 424 g/mol. The van der Waals surface area contributed by atoms with Crippen molar-refractivity contribution in [2.45, 2.75) is 39.0 Å². The molecule has 4 aromatic carbocycles. The Bertz CT molecular complexity index is 1530. The first-order valence-corrected chi connectivity index (χ1v) is 12.6. The zero-order valence-corrected chi connectivity index (χ0v) is 18.8. The zero-order valence-electron chi connectivity index (χ0n) is 17.2. The molecule has 0 atom stereocenters. The quantitative estimate of drug-likeness (QED) is 0.242. The molecule has 2 heteroatoms. The van der Waals surface area contributed by atoms with E-state index in [1.54, 1.807) is 0 Å². The van der Waals surface area contributed by atoms with Crippen LogP contribution in [0.2, 0.25) is 0 Å². The Morgan fingerprint density at radius 3 is 2.03 bits per heavy atom. The van der Waals surface area contributed by atoms with E-state index in [-0.39, 0.29) is 0 Å². The van der Waals surface area contributed by atoms with Crippen molar-refractivity contribution in [3.63, 3.8) is 0 Å². The summed E-state index contributed by atoms with van der Waals surface area (Å²) in [6.07, 6.45) is 6.49. The fraction of sp³-hybridized carbons (Fsp3) is 0.214. The predicted octanol–water partition coefficient (Wildman–Crippen LogP) is 9.70. The Kier molecular flexibility index (Phi) is 4.51. The number of aryl methyl sites for hydroxylation is 1. The van der Waals surface area contributed by atoms with Gasteiger partial charge in [-0.05, 0) is 71.6 Å². The second kappa shape index (κ2) is 7.37. The van der Waals surface area contributed by atoms with Crippen molar-refractivity contribution in [3.05, 3.63) is 72.3 Å². The minimum absolute atomic E-state index is 1.20. The molecule has 0 spiro atoms. The number of hydrogen-bond donors (Lipinski definition) is 0. The van der Waals surface area contributed by atoms with Crippen molar-refractivity contribution in [2.24, 2.45) is 0 Å². The predicted molar refractivity (Wildman–Crippen MR) is 138 cm³/mol. The SMILES string of the molecule is CCCCCCc1ccc2sc3cc4cc5sc6ccccc6c5cc4cc3c2c1. The van der Waals surface area contributed by atoms with Gasteiger partial charge in [0.05, 0.1) is 0 Å². The molecule has 0 aliphatic rings. The van der Waals surface area contributed by atoms with Gasteiger partial charge in [-0.1, -0.05) is 50.5 Å². The molecule has 30 heavy (non-hydrogen) atoms. The van der Waals surface area contributed by atoms with Crippen molar-refractivity contribution in [1.29, 1.82) is 0 Å². The smallest absolute Gasteiger partial charge is 0.0361 e. The average Bonchev–Trinajstić information content (AvgIpc) is 3.30. The van der Waals surface area contributed by atoms with Crippen LogP contribution < -0.4 is 0 Å². The maximum Gasteiger partial charge on any atom is 0.0361 e. The number of thiophene rings is 2. The maximum absolute atomic E-state index is 2.45. The summed E-state index contributed by atoms with van der Waals surface area (Å²) in [6, 6.07) is 25.5. The van der Waals surface area contributed by atoms with Crippen molar-refractivity contribution in [1.82, 2.24) is 0 Å². The molecule has 0 amide bonds. The van der Waals surface area contributed by atoms with Gasteiger partial charge in [0, 0.05) is 40.3 Å². The summed E-state index contributed by atoms with van der Waals surface area (Å²) in [6.45, 7) is 2.28. The Labute approximate surface area is 184 Å². The lowest BCUT2D eigenvalue weighted by molar-refractivity contribution is 0.667. The first kappa shape index (κ1) is 18.4. The molecule has 6 rings (SSSR count). The normalized spacial score (nSPS) is 12.2. The van der Waals surface area contributed by atoms with Crippen LogP contribution in [0.15, 0.2) is 66.7 Å². The van der Waals surface area contributed by atoms with Gasteiger partial charge in [-0.15, -0.1) is 22.7 Å². The standard InChI is InChI=1S/C28H24S2/c1-2-3-4-5-8-18-11-12-26-22(13-18)24-15-19-14-23-21-9-6-7-10-25(21)29-27(23)16-20(19)17-28(24)30-26/h6-7,9-17H,2-5,8H2,1H3. The molecule has 2 aromatic heterocycles. The van der Waals surface area contributed by atoms with Gasteiger partial charge in [0.25, 0.3) is 0 Å². The number of hydrogen-bond acceptors (Lipinski definition) is 2. The third-order valence-corrected chi connectivity index (χ3v) is 8.57. The lowest BCUT2D eigenvalue weighted by atomic mass is 10.0. The van der Waals surface area contributed by atoms with E-state index < -0.39 is 0 Å². The summed E-state index contributed by atoms with van der Waals surface area (Å²) in [4.78, 5) is 0. The fourth-order valence-electron chi connectivity index (χ4n) is 4.70. The lowest BCUT2D eigenvalue weighted by Gasteiger charge is -2.03. The van der Waals surface area contributed by atoms with E-state index in [0.29, 0.717) is 0 Å². The second-order valence-corrected chi connectivity index (χ2v) is 10.6. The van der Waals surface area contributed by atoms with Crippen molar-refractivity contribution < 1.29 is 0 Å². The van der Waals surface area contributed by atoms with Crippen LogP contribution in [0, 0.1) is 0 Å². The van der Waals surface area contributed by atoms with Crippen LogP contribution in [0.1, 0.15) is 38.2 Å². The van der Waals surface area contributed by atoms with Crippen LogP contribution in [-0.4, -0.2) is 0 Å². The van der Waals surface area contributed by atoms with Crippen molar-refractivity contribution in [2.75, 3.05) is 0 Å². The first-order chi connectivity index (χ1) is 14.8. The number of fused-ring (bicyclic) bond motifs is 7. The highest BCUT2D eigenvalue weighted by Gasteiger charge is 2.11. The van der Waals surface area contributed by atoms with Gasteiger partial charge in [-0.25, -0.2) is 0 Å². The highest BCUT2D eigenvalue weighted by atomic mass is 32.1. The van der Waals surface area contributed by atoms with Gasteiger partial charge in [-0.2, -0.15) is 0 Å². The molecule has 0 radical (unpaired) electrons. The molecule has 0 saturated carbocycles. The number of rotatable bonds is 5. The van der Waals surface area contributed by atoms with E-state index in [2.05, 4.69) is 73.7 Å². The van der Waals surface area contributed by atoms with E-state index in [1.165, 1.54) is 88.8 Å². The molecule has 6 aromatic rings. The molecular formula is C28H24S2. The highest BCUT2D eigenvalue weighted by molar-refractivity contribution is 7.26.